The first-order chi connectivity index (χ1) is 10.7. The van der Waals surface area contributed by atoms with E-state index in [1.165, 1.54) is 16.4 Å². The van der Waals surface area contributed by atoms with Gasteiger partial charge in [0.15, 0.2) is 10.8 Å². The summed E-state index contributed by atoms with van der Waals surface area (Å²) in [5, 5.41) is 4.02. The lowest BCUT2D eigenvalue weighted by molar-refractivity contribution is 0.199. The summed E-state index contributed by atoms with van der Waals surface area (Å²) in [7, 11) is 1.56. The lowest BCUT2D eigenvalue weighted by Gasteiger charge is -2.22. The van der Waals surface area contributed by atoms with Crippen LogP contribution in [0, 0.1) is 0 Å². The largest absolute Gasteiger partial charge is 0.482 e. The predicted molar refractivity (Wildman–Crippen MR) is 93.3 cm³/mol. The van der Waals surface area contributed by atoms with E-state index >= 15 is 0 Å². The van der Waals surface area contributed by atoms with Gasteiger partial charge in [0.25, 0.3) is 5.56 Å². The number of halogens is 1. The Morgan fingerprint density at radius 3 is 2.39 bits per heavy atom. The Bertz CT molecular complexity index is 730. The van der Waals surface area contributed by atoms with Crippen LogP contribution in [0.1, 0.15) is 51.3 Å². The highest BCUT2D eigenvalue weighted by atomic mass is 35.5. The van der Waals surface area contributed by atoms with Gasteiger partial charge in [-0.25, -0.2) is 4.68 Å². The number of rotatable bonds is 4. The molecule has 0 radical (unpaired) electrons. The number of benzene rings is 1. The molecule has 0 spiro atoms. The molecule has 0 fully saturated rings. The molecule has 1 aromatic carbocycles. The summed E-state index contributed by atoms with van der Waals surface area (Å²) >= 11 is 6.07. The van der Waals surface area contributed by atoms with Crippen LogP contribution in [0.25, 0.3) is 0 Å². The minimum Gasteiger partial charge on any atom is -0.482 e. The normalized spacial score (nSPS) is 13.0. The molecule has 0 saturated carbocycles. The molecule has 0 saturated heterocycles. The Hall–Kier alpha value is -1.81. The molecule has 1 atom stereocenters. The number of aryl methyl sites for hydroxylation is 1. The molecule has 0 aliphatic heterocycles. The molecule has 0 aliphatic rings. The summed E-state index contributed by atoms with van der Waals surface area (Å²) in [5.41, 5.74) is 2.07. The zero-order valence-corrected chi connectivity index (χ0v) is 15.0. The summed E-state index contributed by atoms with van der Waals surface area (Å²) < 4.78 is 7.12. The second-order valence-electron chi connectivity index (χ2n) is 6.64. The zero-order valence-electron chi connectivity index (χ0n) is 14.3. The number of nitrogens with zero attached hydrogens (tertiary/aromatic N) is 2. The molecule has 23 heavy (non-hydrogen) atoms. The first-order valence-electron chi connectivity index (χ1n) is 7.73. The molecule has 1 aromatic heterocycles. The second kappa shape index (κ2) is 6.75. The van der Waals surface area contributed by atoms with E-state index in [0.29, 0.717) is 5.75 Å². The van der Waals surface area contributed by atoms with Gasteiger partial charge in [-0.15, -0.1) is 0 Å². The highest BCUT2D eigenvalue weighted by Gasteiger charge is 2.18. The van der Waals surface area contributed by atoms with E-state index in [1.807, 2.05) is 6.92 Å². The average molecular weight is 335 g/mol. The van der Waals surface area contributed by atoms with Crippen molar-refractivity contribution in [2.24, 2.45) is 7.05 Å². The number of ether oxygens (including phenoxy) is 1. The highest BCUT2D eigenvalue weighted by molar-refractivity contribution is 6.31. The van der Waals surface area contributed by atoms with Gasteiger partial charge < -0.3 is 4.74 Å². The Balaban J connectivity index is 2.27. The van der Waals surface area contributed by atoms with Crippen LogP contribution in [0.2, 0.25) is 5.02 Å². The third-order valence-corrected chi connectivity index (χ3v) is 4.18. The molecular formula is C18H23ClN2O2. The van der Waals surface area contributed by atoms with Crippen LogP contribution in [0.3, 0.4) is 0 Å². The summed E-state index contributed by atoms with van der Waals surface area (Å²) in [6.07, 6.45) is 2.08. The minimum absolute atomic E-state index is 0.0623. The molecule has 124 valence electrons. The topological polar surface area (TPSA) is 44.1 Å². The Labute approximate surface area is 142 Å². The highest BCUT2D eigenvalue weighted by Crippen LogP contribution is 2.29. The second-order valence-corrected chi connectivity index (χ2v) is 7.02. The SMILES string of the molecule is CCC(Oc1cnn(C)c(=O)c1Cl)c1ccc(C(C)(C)C)cc1. The van der Waals surface area contributed by atoms with Crippen LogP contribution < -0.4 is 10.3 Å². The van der Waals surface area contributed by atoms with E-state index in [2.05, 4.69) is 50.1 Å². The molecule has 1 unspecified atom stereocenters. The van der Waals surface area contributed by atoms with Crippen LogP contribution in [0.15, 0.2) is 35.3 Å². The van der Waals surface area contributed by atoms with E-state index < -0.39 is 0 Å². The van der Waals surface area contributed by atoms with E-state index in [-0.39, 0.29) is 22.1 Å². The van der Waals surface area contributed by atoms with Crippen LogP contribution in [0.5, 0.6) is 5.75 Å². The van der Waals surface area contributed by atoms with Crippen LogP contribution >= 0.6 is 11.6 Å². The fraction of sp³-hybridized carbons (Fsp3) is 0.444. The molecule has 0 N–H and O–H groups in total. The van der Waals surface area contributed by atoms with Crippen molar-refractivity contribution in [3.63, 3.8) is 0 Å². The van der Waals surface area contributed by atoms with Crippen molar-refractivity contribution in [1.29, 1.82) is 0 Å². The van der Waals surface area contributed by atoms with Crippen molar-refractivity contribution in [1.82, 2.24) is 9.78 Å². The van der Waals surface area contributed by atoms with Crippen molar-refractivity contribution < 1.29 is 4.74 Å². The zero-order chi connectivity index (χ0) is 17.2. The van der Waals surface area contributed by atoms with E-state index in [4.69, 9.17) is 16.3 Å². The monoisotopic (exact) mass is 334 g/mol. The maximum Gasteiger partial charge on any atom is 0.289 e. The summed E-state index contributed by atoms with van der Waals surface area (Å²) in [5.74, 6) is 0.321. The van der Waals surface area contributed by atoms with Gasteiger partial charge in [-0.2, -0.15) is 5.10 Å². The molecule has 5 heteroatoms. The Morgan fingerprint density at radius 2 is 1.87 bits per heavy atom. The Morgan fingerprint density at radius 1 is 1.26 bits per heavy atom. The predicted octanol–water partition coefficient (Wildman–Crippen LogP) is 4.26. The quantitative estimate of drug-likeness (QED) is 0.839. The standard InChI is InChI=1S/C18H23ClN2O2/c1-6-14(12-7-9-13(10-8-12)18(2,3)4)23-15-11-20-21(5)17(22)16(15)19/h7-11,14H,6H2,1-5H3. The molecule has 0 bridgehead atoms. The lowest BCUT2D eigenvalue weighted by atomic mass is 9.86. The van der Waals surface area contributed by atoms with Crippen LogP contribution in [0.4, 0.5) is 0 Å². The number of aromatic nitrogens is 2. The van der Waals surface area contributed by atoms with Gasteiger partial charge in [0, 0.05) is 7.05 Å². The third kappa shape index (κ3) is 3.94. The van der Waals surface area contributed by atoms with E-state index in [1.54, 1.807) is 7.05 Å². The van der Waals surface area contributed by atoms with Crippen molar-refractivity contribution in [2.45, 2.75) is 45.6 Å². The molecule has 2 rings (SSSR count). The van der Waals surface area contributed by atoms with Gasteiger partial charge in [-0.3, -0.25) is 4.79 Å². The first-order valence-corrected chi connectivity index (χ1v) is 8.10. The molecule has 4 nitrogen and oxygen atoms in total. The molecule has 0 amide bonds. The summed E-state index contributed by atoms with van der Waals surface area (Å²) in [6.45, 7) is 8.58. The van der Waals surface area contributed by atoms with Crippen molar-refractivity contribution in [2.75, 3.05) is 0 Å². The number of hydrogen-bond donors (Lipinski definition) is 0. The van der Waals surface area contributed by atoms with Crippen molar-refractivity contribution >= 4 is 11.6 Å². The third-order valence-electron chi connectivity index (χ3n) is 3.83. The van der Waals surface area contributed by atoms with Gasteiger partial charge in [-0.05, 0) is 23.0 Å². The van der Waals surface area contributed by atoms with Gasteiger partial charge >= 0.3 is 0 Å². The van der Waals surface area contributed by atoms with Gasteiger partial charge in [0.2, 0.25) is 0 Å². The van der Waals surface area contributed by atoms with Gasteiger partial charge in [-0.1, -0.05) is 63.6 Å². The molecule has 1 heterocycles. The van der Waals surface area contributed by atoms with E-state index in [0.717, 1.165) is 12.0 Å². The molecule has 0 aliphatic carbocycles. The van der Waals surface area contributed by atoms with Crippen LogP contribution in [-0.4, -0.2) is 9.78 Å². The Kier molecular flexibility index (Phi) is 5.15. The minimum atomic E-state index is -0.359. The fourth-order valence-corrected chi connectivity index (χ4v) is 2.53. The van der Waals surface area contributed by atoms with Crippen LogP contribution in [-0.2, 0) is 12.5 Å². The summed E-state index contributed by atoms with van der Waals surface area (Å²) in [6, 6.07) is 8.37. The van der Waals surface area contributed by atoms with Gasteiger partial charge in [0.1, 0.15) is 6.10 Å². The summed E-state index contributed by atoms with van der Waals surface area (Å²) in [4.78, 5) is 11.8. The number of hydrogen-bond acceptors (Lipinski definition) is 3. The average Bonchev–Trinajstić information content (AvgIpc) is 2.51. The first kappa shape index (κ1) is 17.5. The lowest BCUT2D eigenvalue weighted by Crippen LogP contribution is -2.21. The van der Waals surface area contributed by atoms with Crippen molar-refractivity contribution in [3.8, 4) is 5.75 Å². The maximum atomic E-state index is 11.8. The molecular weight excluding hydrogens is 312 g/mol. The molecule has 2 aromatic rings. The van der Waals surface area contributed by atoms with Crippen molar-refractivity contribution in [3.05, 3.63) is 57.0 Å². The maximum absolute atomic E-state index is 11.8. The van der Waals surface area contributed by atoms with E-state index in [9.17, 15) is 4.79 Å². The smallest absolute Gasteiger partial charge is 0.289 e. The van der Waals surface area contributed by atoms with Gasteiger partial charge in [0.05, 0.1) is 6.20 Å². The fourth-order valence-electron chi connectivity index (χ4n) is 2.32.